The van der Waals surface area contributed by atoms with Gasteiger partial charge in [0.1, 0.15) is 5.60 Å². The Bertz CT molecular complexity index is 634. The van der Waals surface area contributed by atoms with E-state index >= 15 is 0 Å². The monoisotopic (exact) mass is 350 g/mol. The second kappa shape index (κ2) is 6.02. The van der Waals surface area contributed by atoms with Gasteiger partial charge in [0.15, 0.2) is 5.78 Å². The van der Waals surface area contributed by atoms with Gasteiger partial charge >= 0.3 is 0 Å². The van der Waals surface area contributed by atoms with Gasteiger partial charge in [-0.3, -0.25) is 4.79 Å². The van der Waals surface area contributed by atoms with Crippen LogP contribution in [0, 0.1) is 29.1 Å². The van der Waals surface area contributed by atoms with Crippen molar-refractivity contribution in [2.24, 2.45) is 29.1 Å². The van der Waals surface area contributed by atoms with Crippen LogP contribution in [0.2, 0.25) is 0 Å². The Kier molecular flexibility index (Phi) is 4.52. The van der Waals surface area contributed by atoms with E-state index < -0.39 is 29.5 Å². The largest absolute Gasteiger partial charge is 0.392 e. The van der Waals surface area contributed by atoms with Crippen LogP contribution in [0.4, 0.5) is 0 Å². The number of ketones is 1. The van der Waals surface area contributed by atoms with Crippen LogP contribution in [0.3, 0.4) is 0 Å². The van der Waals surface area contributed by atoms with Crippen LogP contribution in [0.5, 0.6) is 0 Å². The lowest BCUT2D eigenvalue weighted by Gasteiger charge is -2.34. The molecule has 0 aromatic heterocycles. The normalized spacial score (nSPS) is 46.5. The van der Waals surface area contributed by atoms with E-state index in [4.69, 9.17) is 0 Å². The van der Waals surface area contributed by atoms with Crippen LogP contribution in [0.1, 0.15) is 40.5 Å². The highest BCUT2D eigenvalue weighted by Gasteiger charge is 2.60. The highest BCUT2D eigenvalue weighted by Crippen LogP contribution is 2.61. The first-order valence-electron chi connectivity index (χ1n) is 9.17. The summed E-state index contributed by atoms with van der Waals surface area (Å²) in [6.07, 6.45) is 2.33. The number of allylic oxidation sites excluding steroid dienone is 2. The molecule has 0 aliphatic heterocycles. The summed E-state index contributed by atoms with van der Waals surface area (Å²) < 4.78 is 0. The van der Waals surface area contributed by atoms with Crippen molar-refractivity contribution in [3.63, 3.8) is 0 Å². The molecule has 0 amide bonds. The molecule has 0 bridgehead atoms. The van der Waals surface area contributed by atoms with Crippen molar-refractivity contribution in [3.8, 4) is 0 Å². The highest BCUT2D eigenvalue weighted by molar-refractivity contribution is 6.02. The molecule has 0 aromatic rings. The lowest BCUT2D eigenvalue weighted by atomic mass is 9.77. The molecular formula is C20H30O5. The zero-order valence-electron chi connectivity index (χ0n) is 15.4. The molecule has 2 saturated carbocycles. The third-order valence-corrected chi connectivity index (χ3v) is 6.99. The van der Waals surface area contributed by atoms with Crippen LogP contribution >= 0.6 is 0 Å². The van der Waals surface area contributed by atoms with Gasteiger partial charge in [0.2, 0.25) is 0 Å². The maximum atomic E-state index is 13.1. The highest BCUT2D eigenvalue weighted by atomic mass is 16.3. The predicted molar refractivity (Wildman–Crippen MR) is 93.5 cm³/mol. The van der Waals surface area contributed by atoms with Gasteiger partial charge in [-0.15, -0.1) is 0 Å². The van der Waals surface area contributed by atoms with E-state index in [0.29, 0.717) is 23.5 Å². The van der Waals surface area contributed by atoms with Crippen molar-refractivity contribution in [2.45, 2.75) is 58.3 Å². The molecule has 3 aliphatic rings. The molecule has 5 heteroatoms. The molecule has 2 fully saturated rings. The number of carbonyl (C=O) groups excluding carboxylic acids is 1. The summed E-state index contributed by atoms with van der Waals surface area (Å²) >= 11 is 0. The van der Waals surface area contributed by atoms with E-state index in [1.54, 1.807) is 13.8 Å². The van der Waals surface area contributed by atoms with Gasteiger partial charge in [-0.05, 0) is 54.1 Å². The molecule has 3 aliphatic carbocycles. The minimum atomic E-state index is -1.81. The third-order valence-electron chi connectivity index (χ3n) is 6.99. The molecule has 4 N–H and O–H groups in total. The number of aliphatic hydroxyl groups excluding tert-OH is 3. The van der Waals surface area contributed by atoms with Gasteiger partial charge in [0.05, 0.1) is 24.7 Å². The Hall–Kier alpha value is -1.01. The first-order chi connectivity index (χ1) is 11.6. The quantitative estimate of drug-likeness (QED) is 0.533. The Morgan fingerprint density at radius 1 is 1.28 bits per heavy atom. The van der Waals surface area contributed by atoms with E-state index in [1.807, 2.05) is 12.2 Å². The van der Waals surface area contributed by atoms with E-state index in [9.17, 15) is 25.2 Å². The smallest absolute Gasteiger partial charge is 0.190 e. The third kappa shape index (κ3) is 2.72. The van der Waals surface area contributed by atoms with Crippen molar-refractivity contribution < 1.29 is 25.2 Å². The summed E-state index contributed by atoms with van der Waals surface area (Å²) in [6, 6.07) is 0. The van der Waals surface area contributed by atoms with E-state index in [2.05, 4.69) is 13.8 Å². The molecule has 0 saturated heterocycles. The summed E-state index contributed by atoms with van der Waals surface area (Å²) in [5, 5.41) is 42.3. The van der Waals surface area contributed by atoms with Crippen LogP contribution in [-0.4, -0.2) is 50.6 Å². The summed E-state index contributed by atoms with van der Waals surface area (Å²) in [5.41, 5.74) is -0.890. The van der Waals surface area contributed by atoms with Crippen molar-refractivity contribution in [2.75, 3.05) is 6.61 Å². The van der Waals surface area contributed by atoms with Crippen molar-refractivity contribution in [1.82, 2.24) is 0 Å². The fourth-order valence-corrected chi connectivity index (χ4v) is 5.12. The predicted octanol–water partition coefficient (Wildman–Crippen LogP) is 1.21. The molecule has 0 unspecified atom stereocenters. The number of aliphatic hydroxyl groups is 4. The lowest BCUT2D eigenvalue weighted by molar-refractivity contribution is -0.144. The maximum absolute atomic E-state index is 13.1. The Morgan fingerprint density at radius 3 is 2.52 bits per heavy atom. The van der Waals surface area contributed by atoms with Crippen LogP contribution in [0.15, 0.2) is 23.3 Å². The van der Waals surface area contributed by atoms with Gasteiger partial charge in [0.25, 0.3) is 0 Å². The summed E-state index contributed by atoms with van der Waals surface area (Å²) in [4.78, 5) is 13.1. The van der Waals surface area contributed by atoms with Gasteiger partial charge in [-0.1, -0.05) is 32.9 Å². The number of hydrogen-bond donors (Lipinski definition) is 4. The molecule has 0 aromatic carbocycles. The topological polar surface area (TPSA) is 98.0 Å². The SMILES string of the molecule is CC1=C[C@@H]2[C@H](CC=C(CO)[C@@H](O)[C@H]3[C@@H](O)[C@@H](C)C[C@]3(O)C1=O)C2(C)C. The maximum Gasteiger partial charge on any atom is 0.190 e. The molecule has 5 nitrogen and oxygen atoms in total. The zero-order chi connectivity index (χ0) is 18.7. The Labute approximate surface area is 149 Å². The number of fused-ring (bicyclic) bond motifs is 2. The Balaban J connectivity index is 2.10. The van der Waals surface area contributed by atoms with Crippen molar-refractivity contribution in [3.05, 3.63) is 23.3 Å². The molecule has 3 rings (SSSR count). The molecule has 0 heterocycles. The number of carbonyl (C=O) groups is 1. The zero-order valence-corrected chi connectivity index (χ0v) is 15.4. The standard InChI is InChI=1S/C20H30O5/c1-10-7-14-13(19(14,3)4)6-5-12(9-21)17(23)15-16(22)11(2)8-20(15,25)18(10)24/h5,7,11,13-17,21-23,25H,6,8-9H2,1-4H3/t11-,13-,14+,15+,16-,17+,20+/m0/s1. The molecule has 0 radical (unpaired) electrons. The van der Waals surface area contributed by atoms with Gasteiger partial charge in [0, 0.05) is 0 Å². The minimum absolute atomic E-state index is 0.0489. The summed E-state index contributed by atoms with van der Waals surface area (Å²) in [7, 11) is 0. The van der Waals surface area contributed by atoms with Gasteiger partial charge in [-0.2, -0.15) is 0 Å². The van der Waals surface area contributed by atoms with Gasteiger partial charge in [-0.25, -0.2) is 0 Å². The van der Waals surface area contributed by atoms with Gasteiger partial charge < -0.3 is 20.4 Å². The first-order valence-corrected chi connectivity index (χ1v) is 9.17. The first kappa shape index (κ1) is 18.8. The van der Waals surface area contributed by atoms with Crippen LogP contribution in [-0.2, 0) is 4.79 Å². The molecule has 140 valence electrons. The fourth-order valence-electron chi connectivity index (χ4n) is 5.12. The number of rotatable bonds is 1. The van der Waals surface area contributed by atoms with Crippen LogP contribution < -0.4 is 0 Å². The summed E-state index contributed by atoms with van der Waals surface area (Å²) in [6.45, 7) is 7.41. The molecule has 0 spiro atoms. The Morgan fingerprint density at radius 2 is 1.92 bits per heavy atom. The van der Waals surface area contributed by atoms with Crippen molar-refractivity contribution in [1.29, 1.82) is 0 Å². The molecule has 25 heavy (non-hydrogen) atoms. The van der Waals surface area contributed by atoms with E-state index in [0.717, 1.165) is 0 Å². The summed E-state index contributed by atoms with van der Waals surface area (Å²) in [5.74, 6) is -1.19. The number of Topliss-reactive ketones (excluding diaryl/α,β-unsaturated/α-hetero) is 1. The lowest BCUT2D eigenvalue weighted by Crippen LogP contribution is -2.51. The number of hydrogen-bond acceptors (Lipinski definition) is 5. The molecular weight excluding hydrogens is 320 g/mol. The second-order valence-electron chi connectivity index (χ2n) is 8.87. The second-order valence-corrected chi connectivity index (χ2v) is 8.87. The minimum Gasteiger partial charge on any atom is -0.392 e. The average molecular weight is 350 g/mol. The average Bonchev–Trinajstić information content (AvgIpc) is 2.94. The van der Waals surface area contributed by atoms with E-state index in [1.165, 1.54) is 0 Å². The fraction of sp³-hybridized carbons (Fsp3) is 0.750. The molecule has 7 atom stereocenters. The van der Waals surface area contributed by atoms with E-state index in [-0.39, 0.29) is 30.3 Å². The van der Waals surface area contributed by atoms with Crippen LogP contribution in [0.25, 0.3) is 0 Å². The van der Waals surface area contributed by atoms with Crippen molar-refractivity contribution >= 4 is 5.78 Å².